The molecule has 0 aliphatic heterocycles. The molecule has 2 heterocycles. The van der Waals surface area contributed by atoms with E-state index >= 15 is 26.3 Å². The summed E-state index contributed by atoms with van der Waals surface area (Å²) >= 11 is 0. The van der Waals surface area contributed by atoms with Gasteiger partial charge in [0.25, 0.3) is 0 Å². The fourth-order valence-corrected chi connectivity index (χ4v) is 13.3. The molecule has 0 amide bonds. The van der Waals surface area contributed by atoms with Crippen LogP contribution in [0.15, 0.2) is 200 Å². The number of nitriles is 1. The Bertz CT molecular complexity index is 4690. The predicted octanol–water partition coefficient (Wildman–Crippen LogP) is 22.3. The summed E-state index contributed by atoms with van der Waals surface area (Å²) in [6.45, 7) is 16.5. The lowest BCUT2D eigenvalue weighted by Crippen LogP contribution is -2.14. The van der Waals surface area contributed by atoms with Crippen LogP contribution in [0.4, 0.5) is 26.3 Å². The molecule has 9 heteroatoms. The van der Waals surface area contributed by atoms with Crippen LogP contribution in [0.1, 0.15) is 61.2 Å². The summed E-state index contributed by atoms with van der Waals surface area (Å²) in [5, 5.41) is 14.3. The highest BCUT2D eigenvalue weighted by molar-refractivity contribution is 6.14. The van der Waals surface area contributed by atoms with Crippen LogP contribution in [0.3, 0.4) is 0 Å². The summed E-state index contributed by atoms with van der Waals surface area (Å²) in [7, 11) is 0. The molecule has 86 heavy (non-hydrogen) atoms. The maximum atomic E-state index is 15.3. The molecule has 13 rings (SSSR count). The molecule has 0 spiro atoms. The van der Waals surface area contributed by atoms with Crippen molar-refractivity contribution in [2.45, 2.75) is 67.7 Å². The molecule has 0 unspecified atom stereocenters. The van der Waals surface area contributed by atoms with E-state index in [2.05, 4.69) is 187 Å². The van der Waals surface area contributed by atoms with Gasteiger partial charge in [-0.1, -0.05) is 166 Å². The molecule has 3 nitrogen and oxygen atoms in total. The van der Waals surface area contributed by atoms with Gasteiger partial charge in [0.1, 0.15) is 0 Å². The number of benzene rings is 11. The first-order valence-corrected chi connectivity index (χ1v) is 28.5. The fourth-order valence-electron chi connectivity index (χ4n) is 13.3. The van der Waals surface area contributed by atoms with E-state index in [4.69, 9.17) is 0 Å². The summed E-state index contributed by atoms with van der Waals surface area (Å²) in [6.07, 6.45) is -10.3. The molecule has 0 N–H and O–H groups in total. The number of aromatic nitrogens is 2. The zero-order chi connectivity index (χ0) is 60.2. The number of hydrogen-bond acceptors (Lipinski definition) is 1. The predicted molar refractivity (Wildman–Crippen MR) is 340 cm³/mol. The Balaban J connectivity index is 1.15. The second-order valence-corrected chi connectivity index (χ2v) is 23.4. The van der Waals surface area contributed by atoms with Gasteiger partial charge in [-0.3, -0.25) is 0 Å². The maximum Gasteiger partial charge on any atom is 0.417 e. The van der Waals surface area contributed by atoms with Gasteiger partial charge >= 0.3 is 12.4 Å². The van der Waals surface area contributed by atoms with Crippen molar-refractivity contribution in [3.63, 3.8) is 0 Å². The summed E-state index contributed by atoms with van der Waals surface area (Å²) in [6, 6.07) is 65.2. The normalized spacial score (nSPS) is 12.1. The molecule has 0 aliphatic carbocycles. The van der Waals surface area contributed by atoms with Gasteiger partial charge < -0.3 is 9.13 Å². The number of hydrogen-bond donors (Lipinski definition) is 0. The van der Waals surface area contributed by atoms with E-state index in [9.17, 15) is 5.26 Å². The number of fused-ring (bicyclic) bond motifs is 6. The van der Waals surface area contributed by atoms with Crippen molar-refractivity contribution >= 4 is 43.6 Å². The lowest BCUT2D eigenvalue weighted by molar-refractivity contribution is -0.142. The van der Waals surface area contributed by atoms with Gasteiger partial charge in [0, 0.05) is 38.2 Å². The van der Waals surface area contributed by atoms with E-state index in [-0.39, 0.29) is 5.56 Å². The number of aryl methyl sites for hydroxylation is 8. The Morgan fingerprint density at radius 1 is 0.302 bits per heavy atom. The summed E-state index contributed by atoms with van der Waals surface area (Å²) in [5.41, 5.74) is 18.1. The topological polar surface area (TPSA) is 33.6 Å². The zero-order valence-electron chi connectivity index (χ0n) is 48.7. The minimum absolute atomic E-state index is 0.275. The number of rotatable bonds is 8. The van der Waals surface area contributed by atoms with E-state index in [0.717, 1.165) is 128 Å². The third-order valence-corrected chi connectivity index (χ3v) is 16.6. The molecule has 13 aromatic rings. The van der Waals surface area contributed by atoms with Crippen molar-refractivity contribution in [1.82, 2.24) is 9.13 Å². The van der Waals surface area contributed by atoms with E-state index in [1.165, 1.54) is 12.1 Å². The van der Waals surface area contributed by atoms with Crippen LogP contribution >= 0.6 is 0 Å². The zero-order valence-corrected chi connectivity index (χ0v) is 48.7. The third-order valence-electron chi connectivity index (χ3n) is 16.6. The lowest BCUT2D eigenvalue weighted by Gasteiger charge is -2.22. The van der Waals surface area contributed by atoms with Crippen LogP contribution in [0.2, 0.25) is 0 Å². The van der Waals surface area contributed by atoms with Crippen LogP contribution in [0.25, 0.3) is 122 Å². The third kappa shape index (κ3) is 9.89. The van der Waals surface area contributed by atoms with Crippen molar-refractivity contribution < 1.29 is 26.3 Å². The Morgan fingerprint density at radius 3 is 0.895 bits per heavy atom. The summed E-state index contributed by atoms with van der Waals surface area (Å²) < 4.78 is 96.2. The molecule has 0 saturated carbocycles. The Hall–Kier alpha value is -9.91. The van der Waals surface area contributed by atoms with Gasteiger partial charge in [0.05, 0.1) is 56.2 Å². The largest absolute Gasteiger partial charge is 0.417 e. The Kier molecular flexibility index (Phi) is 13.3. The van der Waals surface area contributed by atoms with Gasteiger partial charge in [-0.2, -0.15) is 31.6 Å². The van der Waals surface area contributed by atoms with Crippen LogP contribution in [-0.4, -0.2) is 9.13 Å². The van der Waals surface area contributed by atoms with Crippen LogP contribution < -0.4 is 0 Å². The minimum Gasteiger partial charge on any atom is -0.309 e. The second kappa shape index (κ2) is 20.7. The monoisotopic (exact) mass is 1140 g/mol. The second-order valence-electron chi connectivity index (χ2n) is 23.4. The first-order chi connectivity index (χ1) is 41.1. The van der Waals surface area contributed by atoms with Crippen molar-refractivity contribution in [3.8, 4) is 84.2 Å². The van der Waals surface area contributed by atoms with Crippen LogP contribution in [-0.2, 0) is 12.4 Å². The van der Waals surface area contributed by atoms with E-state index in [0.29, 0.717) is 51.2 Å². The highest BCUT2D eigenvalue weighted by Crippen LogP contribution is 2.49. The molecule has 422 valence electrons. The van der Waals surface area contributed by atoms with Gasteiger partial charge in [-0.25, -0.2) is 0 Å². The molecule has 0 atom stereocenters. The molecule has 0 radical (unpaired) electrons. The molecule has 0 saturated heterocycles. The smallest absolute Gasteiger partial charge is 0.309 e. The van der Waals surface area contributed by atoms with Gasteiger partial charge in [0.2, 0.25) is 0 Å². The Labute approximate surface area is 495 Å². The summed E-state index contributed by atoms with van der Waals surface area (Å²) in [5.74, 6) is 0. The quantitative estimate of drug-likeness (QED) is 0.140. The van der Waals surface area contributed by atoms with Crippen LogP contribution in [0, 0.1) is 66.7 Å². The molecular weight excluding hydrogens is 1080 g/mol. The van der Waals surface area contributed by atoms with Crippen molar-refractivity contribution in [2.75, 3.05) is 0 Å². The SMILES string of the molecule is Cc1cc(C)cc(-c2ccc3c(c2)c2cc(-c4cc(C)cc(C)c4)ccc2n3-c2cc(C#N)ccc2-c2ccc(-c3c(C(F)(F)F)cccc3C(F)(F)F)cc2-n2c3ccc(-c4cc(C)cc(C)c4)cc3c3cc(-c4cc(C)cc(C)c4)ccc32)c1. The summed E-state index contributed by atoms with van der Waals surface area (Å²) in [4.78, 5) is 0. The van der Waals surface area contributed by atoms with E-state index in [1.807, 2.05) is 41.0 Å². The highest BCUT2D eigenvalue weighted by atomic mass is 19.4. The Morgan fingerprint density at radius 2 is 0.593 bits per heavy atom. The molecule has 0 aliphatic rings. The van der Waals surface area contributed by atoms with Crippen LogP contribution in [0.5, 0.6) is 0 Å². The average molecular weight is 1140 g/mol. The van der Waals surface area contributed by atoms with E-state index < -0.39 is 29.0 Å². The maximum absolute atomic E-state index is 15.3. The molecular formula is C77H57F6N3. The lowest BCUT2D eigenvalue weighted by atomic mass is 9.90. The van der Waals surface area contributed by atoms with Gasteiger partial charge in [-0.05, 0) is 184 Å². The molecule has 2 aromatic heterocycles. The fraction of sp³-hybridized carbons (Fsp3) is 0.130. The first kappa shape index (κ1) is 55.3. The molecule has 0 fully saturated rings. The number of halogens is 6. The van der Waals surface area contributed by atoms with E-state index in [1.54, 1.807) is 12.1 Å². The first-order valence-electron chi connectivity index (χ1n) is 28.5. The standard InChI is InChI=1S/C77H57F6N3/c1-43-24-44(2)29-57(28-43)52-14-20-69-63(37-52)64-38-53(58-30-45(3)25-46(4)31-58)15-21-70(64)85(69)73-36-51(42-84)12-18-61(73)62-19-13-56(75-67(76(78,79)80)10-9-11-68(75)77(81,82)83)41-74(62)86-71-22-16-54(59-32-47(5)26-48(6)33-59)39-65(71)66-40-55(17-23-72(66)86)60-34-49(7)27-50(8)35-60/h9-41H,1-8H3. The number of alkyl halides is 6. The van der Waals surface area contributed by atoms with Crippen molar-refractivity contribution in [2.24, 2.45) is 0 Å². The highest BCUT2D eigenvalue weighted by Gasteiger charge is 2.41. The molecule has 11 aromatic carbocycles. The average Bonchev–Trinajstić information content (AvgIpc) is 1.59. The number of nitrogens with zero attached hydrogens (tertiary/aromatic N) is 3. The minimum atomic E-state index is -5.15. The van der Waals surface area contributed by atoms with Gasteiger partial charge in [-0.15, -0.1) is 0 Å². The molecule has 0 bridgehead atoms. The van der Waals surface area contributed by atoms with Crippen molar-refractivity contribution in [3.05, 3.63) is 261 Å². The van der Waals surface area contributed by atoms with Crippen molar-refractivity contribution in [1.29, 1.82) is 5.26 Å². The van der Waals surface area contributed by atoms with Gasteiger partial charge in [0.15, 0.2) is 0 Å².